The zero-order valence-corrected chi connectivity index (χ0v) is 12.4. The lowest BCUT2D eigenvalue weighted by molar-refractivity contribution is -0.143. The lowest BCUT2D eigenvalue weighted by atomic mass is 9.99. The van der Waals surface area contributed by atoms with Crippen molar-refractivity contribution < 1.29 is 14.7 Å². The molecule has 2 rings (SSSR count). The summed E-state index contributed by atoms with van der Waals surface area (Å²) in [5.74, 6) is 0.145. The van der Waals surface area contributed by atoms with Gasteiger partial charge in [0.1, 0.15) is 10.4 Å². The second kappa shape index (κ2) is 5.50. The van der Waals surface area contributed by atoms with Crippen LogP contribution in [-0.2, 0) is 4.79 Å². The van der Waals surface area contributed by atoms with E-state index in [-0.39, 0.29) is 11.8 Å². The third-order valence-electron chi connectivity index (χ3n) is 3.03. The van der Waals surface area contributed by atoms with Crippen LogP contribution >= 0.6 is 23.1 Å². The minimum atomic E-state index is -1.12. The third kappa shape index (κ3) is 2.92. The van der Waals surface area contributed by atoms with Crippen LogP contribution in [0.3, 0.4) is 0 Å². The predicted octanol–water partition coefficient (Wildman–Crippen LogP) is 1.96. The summed E-state index contributed by atoms with van der Waals surface area (Å²) < 4.78 is 0. The molecule has 0 spiro atoms. The van der Waals surface area contributed by atoms with Crippen LogP contribution in [0, 0.1) is 0 Å². The molecule has 1 aromatic rings. The first-order valence-electron chi connectivity index (χ1n) is 6.04. The van der Waals surface area contributed by atoms with Gasteiger partial charge in [-0.3, -0.25) is 4.79 Å². The number of nitrogens with one attached hydrogen (secondary N) is 1. The number of carbonyl (C=O) groups is 2. The number of thioether (sulfide) groups is 1. The number of carbonyl (C=O) groups excluding carboxylic acids is 1. The number of aromatic nitrogens is 1. The Bertz CT molecular complexity index is 493. The molecule has 0 saturated carbocycles. The maximum atomic E-state index is 12.1. The Balaban J connectivity index is 2.13. The SMILES string of the molecule is CC(C)c1ncc(C(=O)NC2(C(=O)O)CCSC2)s1. The van der Waals surface area contributed by atoms with Gasteiger partial charge in [-0.1, -0.05) is 13.8 Å². The summed E-state index contributed by atoms with van der Waals surface area (Å²) in [6.45, 7) is 4.01. The summed E-state index contributed by atoms with van der Waals surface area (Å²) in [5.41, 5.74) is -1.12. The van der Waals surface area contributed by atoms with Gasteiger partial charge in [0, 0.05) is 11.7 Å². The number of aliphatic carboxylic acids is 1. The number of nitrogens with zero attached hydrogens (tertiary/aromatic N) is 1. The van der Waals surface area contributed by atoms with E-state index in [0.29, 0.717) is 17.1 Å². The van der Waals surface area contributed by atoms with Crippen molar-refractivity contribution in [1.82, 2.24) is 10.3 Å². The number of carboxylic acids is 1. The average Bonchev–Trinajstić information content (AvgIpc) is 2.97. The summed E-state index contributed by atoms with van der Waals surface area (Å²) in [5, 5.41) is 12.9. The lowest BCUT2D eigenvalue weighted by Crippen LogP contribution is -2.54. The molecular formula is C12H16N2O3S2. The highest BCUT2D eigenvalue weighted by Gasteiger charge is 2.43. The molecule has 2 N–H and O–H groups in total. The number of amides is 1. The van der Waals surface area contributed by atoms with Gasteiger partial charge < -0.3 is 10.4 Å². The molecule has 1 amide bonds. The van der Waals surface area contributed by atoms with Gasteiger partial charge in [0.25, 0.3) is 5.91 Å². The molecule has 104 valence electrons. The minimum absolute atomic E-state index is 0.266. The van der Waals surface area contributed by atoms with Gasteiger partial charge in [-0.2, -0.15) is 11.8 Å². The number of hydrogen-bond donors (Lipinski definition) is 2. The number of carboxylic acid groups (broad SMARTS) is 1. The van der Waals surface area contributed by atoms with Crippen molar-refractivity contribution in [1.29, 1.82) is 0 Å². The van der Waals surface area contributed by atoms with Crippen LogP contribution in [0.15, 0.2) is 6.20 Å². The summed E-state index contributed by atoms with van der Waals surface area (Å²) in [6.07, 6.45) is 1.99. The number of thiazole rings is 1. The molecule has 1 aliphatic rings. The van der Waals surface area contributed by atoms with Gasteiger partial charge in [0.15, 0.2) is 0 Å². The van der Waals surface area contributed by atoms with Gasteiger partial charge in [-0.05, 0) is 12.2 Å². The molecule has 1 aliphatic heterocycles. The Morgan fingerprint density at radius 2 is 2.26 bits per heavy atom. The van der Waals surface area contributed by atoms with Crippen molar-refractivity contribution in [2.24, 2.45) is 0 Å². The van der Waals surface area contributed by atoms with Crippen molar-refractivity contribution >= 4 is 35.0 Å². The molecule has 1 atom stereocenters. The topological polar surface area (TPSA) is 79.3 Å². The van der Waals surface area contributed by atoms with Crippen LogP contribution in [0.5, 0.6) is 0 Å². The van der Waals surface area contributed by atoms with Gasteiger partial charge in [0.05, 0.1) is 11.2 Å². The third-order valence-corrected chi connectivity index (χ3v) is 5.51. The molecule has 0 radical (unpaired) electrons. The smallest absolute Gasteiger partial charge is 0.330 e. The Kier molecular flexibility index (Phi) is 4.15. The van der Waals surface area contributed by atoms with Crippen LogP contribution in [0.2, 0.25) is 0 Å². The van der Waals surface area contributed by atoms with Gasteiger partial charge in [-0.25, -0.2) is 9.78 Å². The van der Waals surface area contributed by atoms with Gasteiger partial charge in [0.2, 0.25) is 0 Å². The van der Waals surface area contributed by atoms with Crippen molar-refractivity contribution in [3.05, 3.63) is 16.1 Å². The fourth-order valence-electron chi connectivity index (χ4n) is 1.82. The number of hydrogen-bond acceptors (Lipinski definition) is 5. The van der Waals surface area contributed by atoms with E-state index in [1.54, 1.807) is 11.8 Å². The van der Waals surface area contributed by atoms with E-state index >= 15 is 0 Å². The molecule has 1 fully saturated rings. The van der Waals surface area contributed by atoms with Crippen LogP contribution < -0.4 is 5.32 Å². The van der Waals surface area contributed by atoms with Crippen molar-refractivity contribution in [2.75, 3.05) is 11.5 Å². The van der Waals surface area contributed by atoms with Crippen molar-refractivity contribution in [2.45, 2.75) is 31.7 Å². The summed E-state index contributed by atoms with van der Waals surface area (Å²) >= 11 is 2.87. The first-order valence-corrected chi connectivity index (χ1v) is 8.01. The Morgan fingerprint density at radius 1 is 1.53 bits per heavy atom. The van der Waals surface area contributed by atoms with E-state index in [4.69, 9.17) is 0 Å². The first kappa shape index (κ1) is 14.3. The van der Waals surface area contributed by atoms with Crippen LogP contribution in [0.1, 0.15) is 40.9 Å². The monoisotopic (exact) mass is 300 g/mol. The minimum Gasteiger partial charge on any atom is -0.479 e. The molecule has 0 bridgehead atoms. The molecule has 19 heavy (non-hydrogen) atoms. The molecule has 1 unspecified atom stereocenters. The zero-order valence-electron chi connectivity index (χ0n) is 10.8. The summed E-state index contributed by atoms with van der Waals surface area (Å²) in [6, 6.07) is 0. The lowest BCUT2D eigenvalue weighted by Gasteiger charge is -2.23. The largest absolute Gasteiger partial charge is 0.479 e. The second-order valence-electron chi connectivity index (χ2n) is 4.86. The van der Waals surface area contributed by atoms with Crippen LogP contribution in [0.4, 0.5) is 0 Å². The molecule has 1 saturated heterocycles. The van der Waals surface area contributed by atoms with Gasteiger partial charge >= 0.3 is 5.97 Å². The number of rotatable bonds is 4. The Labute approximate surface area is 119 Å². The van der Waals surface area contributed by atoms with E-state index in [0.717, 1.165) is 10.8 Å². The molecule has 5 nitrogen and oxygen atoms in total. The van der Waals surface area contributed by atoms with Crippen LogP contribution in [0.25, 0.3) is 0 Å². The maximum Gasteiger partial charge on any atom is 0.330 e. The second-order valence-corrected chi connectivity index (χ2v) is 7.03. The average molecular weight is 300 g/mol. The normalized spacial score (nSPS) is 22.7. The molecule has 0 aromatic carbocycles. The molecule has 7 heteroatoms. The van der Waals surface area contributed by atoms with E-state index in [9.17, 15) is 14.7 Å². The molecule has 1 aromatic heterocycles. The highest BCUT2D eigenvalue weighted by Crippen LogP contribution is 2.29. The summed E-state index contributed by atoms with van der Waals surface area (Å²) in [4.78, 5) is 28.2. The van der Waals surface area contributed by atoms with E-state index in [2.05, 4.69) is 10.3 Å². The van der Waals surface area contributed by atoms with Crippen molar-refractivity contribution in [3.63, 3.8) is 0 Å². The highest BCUT2D eigenvalue weighted by molar-refractivity contribution is 7.99. The Hall–Kier alpha value is -1.08. The fourth-order valence-corrected chi connectivity index (χ4v) is 3.97. The fraction of sp³-hybridized carbons (Fsp3) is 0.583. The summed E-state index contributed by atoms with van der Waals surface area (Å²) in [7, 11) is 0. The van der Waals surface area contributed by atoms with E-state index in [1.165, 1.54) is 17.5 Å². The van der Waals surface area contributed by atoms with E-state index in [1.807, 2.05) is 13.8 Å². The zero-order chi connectivity index (χ0) is 14.0. The van der Waals surface area contributed by atoms with Crippen LogP contribution in [-0.4, -0.2) is 39.0 Å². The van der Waals surface area contributed by atoms with E-state index < -0.39 is 11.5 Å². The first-order chi connectivity index (χ1) is 8.94. The van der Waals surface area contributed by atoms with Crippen molar-refractivity contribution in [3.8, 4) is 0 Å². The molecule has 0 aliphatic carbocycles. The molecule has 2 heterocycles. The quantitative estimate of drug-likeness (QED) is 0.888. The van der Waals surface area contributed by atoms with Gasteiger partial charge in [-0.15, -0.1) is 11.3 Å². The Morgan fingerprint density at radius 3 is 2.74 bits per heavy atom. The standard InChI is InChI=1S/C12H16N2O3S2/c1-7(2)10-13-5-8(19-10)9(15)14-12(11(16)17)3-4-18-6-12/h5,7H,3-4,6H2,1-2H3,(H,14,15)(H,16,17). The predicted molar refractivity (Wildman–Crippen MR) is 76.0 cm³/mol. The highest BCUT2D eigenvalue weighted by atomic mass is 32.2. The molecular weight excluding hydrogens is 284 g/mol. The maximum absolute atomic E-state index is 12.1.